The Bertz CT molecular complexity index is 995. The van der Waals surface area contributed by atoms with Gasteiger partial charge in [0.1, 0.15) is 11.2 Å². The highest BCUT2D eigenvalue weighted by Crippen LogP contribution is 2.38. The number of rotatable bonds is 6. The Kier molecular flexibility index (Phi) is 7.06. The van der Waals surface area contributed by atoms with Crippen LogP contribution in [0.25, 0.3) is 0 Å². The Labute approximate surface area is 180 Å². The molecule has 2 aromatic rings. The van der Waals surface area contributed by atoms with E-state index in [2.05, 4.69) is 41.4 Å². The van der Waals surface area contributed by atoms with Gasteiger partial charge < -0.3 is 11.1 Å². The van der Waals surface area contributed by atoms with Gasteiger partial charge in [-0.3, -0.25) is 14.9 Å². The monoisotopic (exact) mass is 486 g/mol. The minimum Gasteiger partial charge on any atom is -0.404 e. The molecule has 0 saturated carbocycles. The maximum atomic E-state index is 13.1. The molecule has 0 spiro atoms. The second kappa shape index (κ2) is 8.99. The van der Waals surface area contributed by atoms with Crippen LogP contribution in [0.2, 0.25) is 0 Å². The fourth-order valence-electron chi connectivity index (χ4n) is 2.31. The van der Waals surface area contributed by atoms with Crippen molar-refractivity contribution in [3.05, 3.63) is 51.2 Å². The summed E-state index contributed by atoms with van der Waals surface area (Å²) in [5, 5.41) is 8.55. The Balaban J connectivity index is 2.06. The van der Waals surface area contributed by atoms with Crippen molar-refractivity contribution in [2.24, 2.45) is 10.7 Å². The fraction of sp³-hybridized carbons (Fsp3) is 0.368. The summed E-state index contributed by atoms with van der Waals surface area (Å²) in [4.78, 5) is 20.5. The molecule has 0 aliphatic carbocycles. The average Bonchev–Trinajstić information content (AvgIpc) is 3.15. The third kappa shape index (κ3) is 5.07. The van der Waals surface area contributed by atoms with E-state index < -0.39 is 23.3 Å². The lowest BCUT2D eigenvalue weighted by molar-refractivity contribution is -0.182. The molecule has 1 heterocycles. The number of carbonyl (C=O) groups excluding carboxylic acids is 1. The highest BCUT2D eigenvalue weighted by Gasteiger charge is 2.51. The van der Waals surface area contributed by atoms with Gasteiger partial charge in [-0.25, -0.2) is 4.98 Å². The van der Waals surface area contributed by atoms with Crippen LogP contribution in [0.5, 0.6) is 0 Å². The van der Waals surface area contributed by atoms with Crippen LogP contribution in [-0.4, -0.2) is 33.5 Å². The molecule has 30 heavy (non-hydrogen) atoms. The molecule has 0 saturated heterocycles. The second-order valence-electron chi connectivity index (χ2n) is 7.13. The molecule has 2 rings (SSSR count). The van der Waals surface area contributed by atoms with Crippen LogP contribution < -0.4 is 11.1 Å². The number of aromatic amines is 1. The van der Waals surface area contributed by atoms with Crippen LogP contribution in [0.4, 0.5) is 18.9 Å². The van der Waals surface area contributed by atoms with E-state index in [1.165, 1.54) is 6.21 Å². The van der Waals surface area contributed by atoms with Gasteiger partial charge in [-0.15, -0.1) is 0 Å². The molecule has 162 valence electrons. The predicted molar refractivity (Wildman–Crippen MR) is 111 cm³/mol. The summed E-state index contributed by atoms with van der Waals surface area (Å²) in [6.07, 6.45) is -2.10. The van der Waals surface area contributed by atoms with E-state index in [1.807, 2.05) is 26.0 Å². The third-order valence-corrected chi connectivity index (χ3v) is 5.77. The number of H-pyrrole nitrogens is 1. The van der Waals surface area contributed by atoms with Crippen molar-refractivity contribution in [3.63, 3.8) is 0 Å². The first-order valence-corrected chi connectivity index (χ1v) is 9.66. The van der Waals surface area contributed by atoms with E-state index in [-0.39, 0.29) is 17.9 Å². The van der Waals surface area contributed by atoms with Gasteiger partial charge in [-0.1, -0.05) is 22.0 Å². The average molecular weight is 487 g/mol. The van der Waals surface area contributed by atoms with Crippen molar-refractivity contribution < 1.29 is 18.0 Å². The molecule has 0 aliphatic rings. The summed E-state index contributed by atoms with van der Waals surface area (Å²) >= 11 is 3.48. The van der Waals surface area contributed by atoms with E-state index in [0.29, 0.717) is 5.69 Å². The van der Waals surface area contributed by atoms with Crippen molar-refractivity contribution in [3.8, 4) is 0 Å². The van der Waals surface area contributed by atoms with E-state index in [4.69, 9.17) is 5.73 Å². The van der Waals surface area contributed by atoms with E-state index in [1.54, 1.807) is 0 Å². The van der Waals surface area contributed by atoms with E-state index >= 15 is 0 Å². The lowest BCUT2D eigenvalue weighted by Gasteiger charge is -2.24. The van der Waals surface area contributed by atoms with Crippen LogP contribution in [0.1, 0.15) is 36.6 Å². The number of hydrogen-bond donors (Lipinski definition) is 3. The number of aromatic nitrogens is 3. The predicted octanol–water partition coefficient (Wildman–Crippen LogP) is 3.89. The van der Waals surface area contributed by atoms with Gasteiger partial charge >= 0.3 is 6.18 Å². The molecule has 0 unspecified atom stereocenters. The quantitative estimate of drug-likeness (QED) is 0.425. The first-order chi connectivity index (χ1) is 13.9. The molecule has 1 aromatic carbocycles. The number of hydrogen-bond acceptors (Lipinski definition) is 5. The van der Waals surface area contributed by atoms with Crippen LogP contribution >= 0.6 is 15.9 Å². The van der Waals surface area contributed by atoms with Crippen molar-refractivity contribution in [2.45, 2.75) is 45.8 Å². The number of halogens is 4. The Morgan fingerprint density at radius 1 is 1.33 bits per heavy atom. The zero-order valence-electron chi connectivity index (χ0n) is 16.9. The van der Waals surface area contributed by atoms with Crippen LogP contribution in [0.3, 0.4) is 0 Å². The Hall–Kier alpha value is -2.69. The van der Waals surface area contributed by atoms with Gasteiger partial charge in [0.15, 0.2) is 5.82 Å². The zero-order chi connectivity index (χ0) is 22.7. The molecule has 7 nitrogen and oxygen atoms in total. The van der Waals surface area contributed by atoms with Crippen LogP contribution in [-0.2, 0) is 16.8 Å². The summed E-state index contributed by atoms with van der Waals surface area (Å²) in [5.41, 5.74) is 6.01. The zero-order valence-corrected chi connectivity index (χ0v) is 18.4. The van der Waals surface area contributed by atoms with Crippen molar-refractivity contribution in [1.29, 1.82) is 0 Å². The van der Waals surface area contributed by atoms with Gasteiger partial charge in [-0.2, -0.15) is 18.3 Å². The summed E-state index contributed by atoms with van der Waals surface area (Å²) in [5.74, 6) is -0.878. The summed E-state index contributed by atoms with van der Waals surface area (Å²) in [7, 11) is 0. The molecule has 0 atom stereocenters. The molecule has 0 fully saturated rings. The van der Waals surface area contributed by atoms with Gasteiger partial charge in [0.25, 0.3) is 5.91 Å². The Morgan fingerprint density at radius 2 is 2.00 bits per heavy atom. The standard InChI is InChI=1S/C19H22BrF3N6O/c1-10-5-6-13(11(2)15(10)20)25-8-12(7-24)16(30)26-9-14-27-17(29-28-14)18(3,4)19(21,22)23/h5-8H,9,24H2,1-4H3,(H,26,30)(H,27,28,29)/b12-7+,25-8?. The molecule has 0 bridgehead atoms. The van der Waals surface area contributed by atoms with Crippen LogP contribution in [0.15, 0.2) is 33.4 Å². The summed E-state index contributed by atoms with van der Waals surface area (Å²) in [6.45, 7) is 5.65. The lowest BCUT2D eigenvalue weighted by atomic mass is 9.92. The number of carbonyl (C=O) groups is 1. The van der Waals surface area contributed by atoms with Gasteiger partial charge in [0.05, 0.1) is 17.8 Å². The van der Waals surface area contributed by atoms with Gasteiger partial charge in [0, 0.05) is 16.9 Å². The highest BCUT2D eigenvalue weighted by atomic mass is 79.9. The number of aryl methyl sites for hydroxylation is 1. The van der Waals surface area contributed by atoms with Crippen molar-refractivity contribution in [1.82, 2.24) is 20.5 Å². The first kappa shape index (κ1) is 23.6. The molecular formula is C19H22BrF3N6O. The Morgan fingerprint density at radius 3 is 2.60 bits per heavy atom. The minimum atomic E-state index is -4.51. The maximum Gasteiger partial charge on any atom is 0.401 e. The number of amides is 1. The molecule has 11 heteroatoms. The molecule has 4 N–H and O–H groups in total. The number of nitrogens with one attached hydrogen (secondary N) is 2. The number of nitrogens with two attached hydrogens (primary N) is 1. The largest absolute Gasteiger partial charge is 0.404 e. The molecular weight excluding hydrogens is 465 g/mol. The normalized spacial score (nSPS) is 13.1. The number of aliphatic imine (C=N–C) groups is 1. The number of benzene rings is 1. The van der Waals surface area contributed by atoms with E-state index in [0.717, 1.165) is 35.6 Å². The second-order valence-corrected chi connectivity index (χ2v) is 7.92. The first-order valence-electron chi connectivity index (χ1n) is 8.86. The van der Waals surface area contributed by atoms with Crippen LogP contribution in [0, 0.1) is 13.8 Å². The van der Waals surface area contributed by atoms with Crippen molar-refractivity contribution >= 4 is 33.7 Å². The summed E-state index contributed by atoms with van der Waals surface area (Å²) in [6, 6.07) is 3.70. The van der Waals surface area contributed by atoms with E-state index in [9.17, 15) is 18.0 Å². The smallest absolute Gasteiger partial charge is 0.401 e. The lowest BCUT2D eigenvalue weighted by Crippen LogP contribution is -2.37. The highest BCUT2D eigenvalue weighted by molar-refractivity contribution is 9.10. The minimum absolute atomic E-state index is 0.0847. The number of nitrogens with zero attached hydrogens (tertiary/aromatic N) is 3. The topological polar surface area (TPSA) is 109 Å². The van der Waals surface area contributed by atoms with Gasteiger partial charge in [0.2, 0.25) is 0 Å². The third-order valence-electron chi connectivity index (χ3n) is 4.55. The molecule has 0 aliphatic heterocycles. The number of alkyl halides is 3. The molecule has 0 radical (unpaired) electrons. The SMILES string of the molecule is Cc1ccc(N=C/C(=C\N)C(=O)NCc2nc(C(C)(C)C(F)(F)F)n[nH]2)c(C)c1Br. The molecule has 1 amide bonds. The molecule has 1 aromatic heterocycles. The summed E-state index contributed by atoms with van der Waals surface area (Å²) < 4.78 is 40.2. The maximum absolute atomic E-state index is 13.1. The van der Waals surface area contributed by atoms with Crippen molar-refractivity contribution in [2.75, 3.05) is 0 Å². The van der Waals surface area contributed by atoms with Gasteiger partial charge in [-0.05, 0) is 44.9 Å². The fourth-order valence-corrected chi connectivity index (χ4v) is 2.65.